The van der Waals surface area contributed by atoms with Gasteiger partial charge in [-0.1, -0.05) is 0 Å². The lowest BCUT2D eigenvalue weighted by Crippen LogP contribution is -2.61. The first kappa shape index (κ1) is 18.4. The number of esters is 1. The van der Waals surface area contributed by atoms with Gasteiger partial charge in [0.2, 0.25) is 11.4 Å². The second-order valence-corrected chi connectivity index (χ2v) is 5.64. The zero-order valence-electron chi connectivity index (χ0n) is 12.5. The van der Waals surface area contributed by atoms with Crippen molar-refractivity contribution >= 4 is 17.8 Å². The molecule has 7 heteroatoms. The number of carbonyl (C=O) groups is 3. The Bertz CT molecular complexity index is 375. The van der Waals surface area contributed by atoms with Gasteiger partial charge in [0.15, 0.2) is 0 Å². The van der Waals surface area contributed by atoms with Crippen LogP contribution in [0.15, 0.2) is 0 Å². The summed E-state index contributed by atoms with van der Waals surface area (Å²) in [4.78, 5) is 35.0. The van der Waals surface area contributed by atoms with Crippen molar-refractivity contribution < 1.29 is 24.2 Å². The van der Waals surface area contributed by atoms with Gasteiger partial charge in [0.25, 0.3) is 0 Å². The Morgan fingerprint density at radius 1 is 1.20 bits per heavy atom. The molecule has 0 aliphatic heterocycles. The zero-order valence-corrected chi connectivity index (χ0v) is 12.5. The molecule has 116 valence electrons. The molecular weight excluding hydrogens is 264 g/mol. The number of amides is 1. The van der Waals surface area contributed by atoms with Crippen LogP contribution in [0, 0.1) is 0 Å². The number of nitrogens with one attached hydrogen (secondary N) is 1. The van der Waals surface area contributed by atoms with E-state index in [1.54, 1.807) is 20.8 Å². The molecule has 0 fully saturated rings. The number of unbranched alkanes of at least 4 members (excludes halogenated alkanes) is 1. The van der Waals surface area contributed by atoms with Gasteiger partial charge in [-0.3, -0.25) is 4.79 Å². The van der Waals surface area contributed by atoms with Gasteiger partial charge in [-0.15, -0.1) is 0 Å². The number of ether oxygens (including phenoxy) is 1. The van der Waals surface area contributed by atoms with Gasteiger partial charge < -0.3 is 20.9 Å². The number of rotatable bonds is 7. The van der Waals surface area contributed by atoms with Crippen LogP contribution < -0.4 is 11.1 Å². The highest BCUT2D eigenvalue weighted by Crippen LogP contribution is 2.21. The molecule has 0 aromatic heterocycles. The number of carboxylic acid groups (broad SMARTS) is 1. The minimum atomic E-state index is -2.06. The zero-order chi connectivity index (χ0) is 16.0. The fraction of sp³-hybridized carbons (Fsp3) is 0.769. The Balaban J connectivity index is 5.31. The Hall–Kier alpha value is -1.63. The van der Waals surface area contributed by atoms with Crippen molar-refractivity contribution in [3.05, 3.63) is 0 Å². The highest BCUT2D eigenvalue weighted by molar-refractivity contribution is 6.07. The maximum atomic E-state index is 12.2. The van der Waals surface area contributed by atoms with Crippen LogP contribution in [0.3, 0.4) is 0 Å². The van der Waals surface area contributed by atoms with Crippen LogP contribution in [0.25, 0.3) is 0 Å². The molecule has 1 atom stereocenters. The van der Waals surface area contributed by atoms with Crippen LogP contribution >= 0.6 is 0 Å². The average Bonchev–Trinajstić information content (AvgIpc) is 2.24. The Morgan fingerprint density at radius 3 is 2.10 bits per heavy atom. The van der Waals surface area contributed by atoms with Gasteiger partial charge in [-0.05, 0) is 46.6 Å². The summed E-state index contributed by atoms with van der Waals surface area (Å²) < 4.78 is 5.13. The number of carboxylic acids is 1. The number of hydrogen-bond acceptors (Lipinski definition) is 5. The molecule has 0 aliphatic rings. The van der Waals surface area contributed by atoms with E-state index in [2.05, 4.69) is 5.32 Å². The van der Waals surface area contributed by atoms with E-state index in [0.717, 1.165) is 6.92 Å². The second-order valence-electron chi connectivity index (χ2n) is 5.64. The first-order valence-corrected chi connectivity index (χ1v) is 6.51. The molecule has 0 unspecified atom stereocenters. The molecule has 0 heterocycles. The molecule has 7 nitrogen and oxygen atoms in total. The summed E-state index contributed by atoms with van der Waals surface area (Å²) in [5.41, 5.74) is 2.46. The van der Waals surface area contributed by atoms with Gasteiger partial charge in [0, 0.05) is 6.92 Å². The molecule has 0 rings (SSSR count). The summed E-state index contributed by atoms with van der Waals surface area (Å²) in [5, 5.41) is 11.6. The van der Waals surface area contributed by atoms with Crippen molar-refractivity contribution in [2.24, 2.45) is 5.73 Å². The summed E-state index contributed by atoms with van der Waals surface area (Å²) in [6.07, 6.45) is 0.883. The first-order valence-electron chi connectivity index (χ1n) is 6.51. The predicted molar refractivity (Wildman–Crippen MR) is 72.9 cm³/mol. The van der Waals surface area contributed by atoms with Gasteiger partial charge >= 0.3 is 11.9 Å². The summed E-state index contributed by atoms with van der Waals surface area (Å²) in [5.74, 6) is -3.00. The monoisotopic (exact) mass is 288 g/mol. The van der Waals surface area contributed by atoms with Gasteiger partial charge in [-0.25, -0.2) is 9.59 Å². The van der Waals surface area contributed by atoms with Crippen LogP contribution in [0.1, 0.15) is 47.0 Å². The van der Waals surface area contributed by atoms with Crippen molar-refractivity contribution in [2.75, 3.05) is 6.54 Å². The standard InChI is InChI=1S/C13H24N2O5/c1-9(16)15-13(10(17)18,7-5-6-8-14)11(19)20-12(2,3)4/h5-8,14H2,1-4H3,(H,15,16)(H,17,18)/t13-/m0/s1. The van der Waals surface area contributed by atoms with Crippen molar-refractivity contribution in [3.8, 4) is 0 Å². The normalized spacial score (nSPS) is 14.2. The lowest BCUT2D eigenvalue weighted by atomic mass is 9.92. The molecular formula is C13H24N2O5. The lowest BCUT2D eigenvalue weighted by Gasteiger charge is -2.31. The molecule has 1 amide bonds. The van der Waals surface area contributed by atoms with Gasteiger partial charge in [-0.2, -0.15) is 0 Å². The number of nitrogens with two attached hydrogens (primary N) is 1. The van der Waals surface area contributed by atoms with Crippen molar-refractivity contribution in [1.29, 1.82) is 0 Å². The minimum Gasteiger partial charge on any atom is -0.479 e. The smallest absolute Gasteiger partial charge is 0.344 e. The Morgan fingerprint density at radius 2 is 1.75 bits per heavy atom. The fourth-order valence-electron chi connectivity index (χ4n) is 1.66. The maximum absolute atomic E-state index is 12.2. The first-order chi connectivity index (χ1) is 9.05. The van der Waals surface area contributed by atoms with Crippen LogP contribution in [0.5, 0.6) is 0 Å². The van der Waals surface area contributed by atoms with E-state index in [9.17, 15) is 19.5 Å². The third kappa shape index (κ3) is 5.56. The van der Waals surface area contributed by atoms with Crippen LogP contribution in [0.4, 0.5) is 0 Å². The highest BCUT2D eigenvalue weighted by Gasteiger charge is 2.49. The van der Waals surface area contributed by atoms with Crippen molar-refractivity contribution in [2.45, 2.75) is 58.1 Å². The lowest BCUT2D eigenvalue weighted by molar-refractivity contribution is -0.173. The van der Waals surface area contributed by atoms with E-state index >= 15 is 0 Å². The third-order valence-electron chi connectivity index (χ3n) is 2.51. The molecule has 0 aliphatic carbocycles. The second kappa shape index (κ2) is 7.23. The quantitative estimate of drug-likeness (QED) is 0.355. The molecule has 0 spiro atoms. The molecule has 0 saturated heterocycles. The van der Waals surface area contributed by atoms with Gasteiger partial charge in [0.05, 0.1) is 0 Å². The number of aliphatic carboxylic acids is 1. The van der Waals surface area contributed by atoms with E-state index in [-0.39, 0.29) is 6.42 Å². The predicted octanol–water partition coefficient (Wildman–Crippen LogP) is 0.417. The van der Waals surface area contributed by atoms with Crippen molar-refractivity contribution in [3.63, 3.8) is 0 Å². The largest absolute Gasteiger partial charge is 0.479 e. The minimum absolute atomic E-state index is 0.0615. The molecule has 0 saturated carbocycles. The molecule has 0 aromatic rings. The molecule has 4 N–H and O–H groups in total. The van der Waals surface area contributed by atoms with E-state index in [4.69, 9.17) is 10.5 Å². The molecule has 0 aromatic carbocycles. The fourth-order valence-corrected chi connectivity index (χ4v) is 1.66. The summed E-state index contributed by atoms with van der Waals surface area (Å²) in [7, 11) is 0. The van der Waals surface area contributed by atoms with E-state index in [0.29, 0.717) is 19.4 Å². The molecule has 0 bridgehead atoms. The van der Waals surface area contributed by atoms with Crippen LogP contribution in [-0.2, 0) is 19.1 Å². The molecule has 0 radical (unpaired) electrons. The van der Waals surface area contributed by atoms with E-state index < -0.39 is 29.0 Å². The van der Waals surface area contributed by atoms with Gasteiger partial charge in [0.1, 0.15) is 5.60 Å². The van der Waals surface area contributed by atoms with E-state index in [1.165, 1.54) is 0 Å². The molecule has 20 heavy (non-hydrogen) atoms. The third-order valence-corrected chi connectivity index (χ3v) is 2.51. The average molecular weight is 288 g/mol. The van der Waals surface area contributed by atoms with Crippen molar-refractivity contribution in [1.82, 2.24) is 5.32 Å². The SMILES string of the molecule is CC(=O)N[C@@](CCCCN)(C(=O)O)C(=O)OC(C)(C)C. The van der Waals surface area contributed by atoms with Crippen LogP contribution in [-0.4, -0.2) is 40.6 Å². The number of carbonyl (C=O) groups excluding carboxylic acids is 2. The van der Waals surface area contributed by atoms with Crippen LogP contribution in [0.2, 0.25) is 0 Å². The Labute approximate surface area is 118 Å². The Kier molecular flexibility index (Phi) is 6.64. The highest BCUT2D eigenvalue weighted by atomic mass is 16.6. The summed E-state index contributed by atoms with van der Waals surface area (Å²) in [6.45, 7) is 6.43. The van der Waals surface area contributed by atoms with E-state index in [1.807, 2.05) is 0 Å². The summed E-state index contributed by atoms with van der Waals surface area (Å²) >= 11 is 0. The topological polar surface area (TPSA) is 119 Å². The summed E-state index contributed by atoms with van der Waals surface area (Å²) in [6, 6.07) is 0. The maximum Gasteiger partial charge on any atom is 0.344 e. The number of hydrogen-bond donors (Lipinski definition) is 3.